The van der Waals surface area contributed by atoms with Crippen molar-refractivity contribution < 1.29 is 9.53 Å². The fourth-order valence-corrected chi connectivity index (χ4v) is 5.28. The van der Waals surface area contributed by atoms with Gasteiger partial charge in [-0.05, 0) is 68.9 Å². The number of aryl methyl sites for hydroxylation is 1. The minimum absolute atomic E-state index is 0.0654. The largest absolute Gasteiger partial charge is 0.379 e. The van der Waals surface area contributed by atoms with Crippen LogP contribution in [0.15, 0.2) is 35.3 Å². The van der Waals surface area contributed by atoms with Gasteiger partial charge in [-0.25, -0.2) is 0 Å². The monoisotopic (exact) mass is 474 g/mol. The summed E-state index contributed by atoms with van der Waals surface area (Å²) in [6.07, 6.45) is 6.67. The van der Waals surface area contributed by atoms with Crippen molar-refractivity contribution in [1.29, 1.82) is 5.26 Å². The van der Waals surface area contributed by atoms with Crippen molar-refractivity contribution in [2.24, 2.45) is 0 Å². The van der Waals surface area contributed by atoms with Gasteiger partial charge in [-0.3, -0.25) is 14.3 Å². The third-order valence-electron chi connectivity index (χ3n) is 7.13. The Balaban J connectivity index is 1.50. The molecule has 1 atom stereocenters. The number of anilines is 2. The van der Waals surface area contributed by atoms with Gasteiger partial charge in [0.15, 0.2) is 5.82 Å². The van der Waals surface area contributed by atoms with Gasteiger partial charge in [0.1, 0.15) is 5.39 Å². The maximum Gasteiger partial charge on any atom is 0.261 e. The lowest BCUT2D eigenvalue weighted by atomic mass is 9.89. The van der Waals surface area contributed by atoms with Crippen molar-refractivity contribution >= 4 is 28.3 Å². The molecule has 2 aromatic heterocycles. The normalized spacial score (nSPS) is 20.5. The molecule has 2 fully saturated rings. The molecule has 1 amide bonds. The zero-order valence-electron chi connectivity index (χ0n) is 20.0. The minimum Gasteiger partial charge on any atom is -0.379 e. The zero-order valence-corrected chi connectivity index (χ0v) is 20.0. The maximum absolute atomic E-state index is 13.0. The van der Waals surface area contributed by atoms with Gasteiger partial charge >= 0.3 is 0 Å². The average Bonchev–Trinajstić information content (AvgIpc) is 3.25. The molecule has 3 aromatic rings. The SMILES string of the molecule is Cc1cc(Nc2nn(C3(CC#N)CCCOC3)c3cc[nH]c(=O)c23)ccc1C(=O)N1CCCCC1. The lowest BCUT2D eigenvalue weighted by Gasteiger charge is -2.35. The molecule has 0 aliphatic carbocycles. The molecular weight excluding hydrogens is 444 g/mol. The maximum atomic E-state index is 13.0. The van der Waals surface area contributed by atoms with Crippen molar-refractivity contribution in [3.63, 3.8) is 0 Å². The number of benzene rings is 1. The van der Waals surface area contributed by atoms with E-state index in [1.165, 1.54) is 6.42 Å². The van der Waals surface area contributed by atoms with Crippen molar-refractivity contribution in [1.82, 2.24) is 19.7 Å². The Morgan fingerprint density at radius 2 is 2.09 bits per heavy atom. The standard InChI is InChI=1S/C26H30N6O3/c1-18-16-19(6-7-20(18)25(34)31-13-3-2-4-14-31)29-23-22-21(8-12-28-24(22)33)32(30-23)26(10-11-27)9-5-15-35-17-26/h6-8,12,16H,2-5,9-10,13-15,17H2,1H3,(H,28,33)(H,29,30). The average molecular weight is 475 g/mol. The van der Waals surface area contributed by atoms with Crippen LogP contribution in [0.2, 0.25) is 0 Å². The number of pyridine rings is 1. The molecule has 5 rings (SSSR count). The van der Waals surface area contributed by atoms with E-state index in [1.54, 1.807) is 10.9 Å². The number of fused-ring (bicyclic) bond motifs is 1. The van der Waals surface area contributed by atoms with E-state index in [0.29, 0.717) is 35.5 Å². The number of H-pyrrole nitrogens is 1. The van der Waals surface area contributed by atoms with Crippen LogP contribution in [-0.2, 0) is 10.3 Å². The second-order valence-electron chi connectivity index (χ2n) is 9.55. The smallest absolute Gasteiger partial charge is 0.261 e. The number of piperidine rings is 1. The summed E-state index contributed by atoms with van der Waals surface area (Å²) in [6.45, 7) is 4.56. The van der Waals surface area contributed by atoms with Crippen molar-refractivity contribution in [2.75, 3.05) is 31.6 Å². The van der Waals surface area contributed by atoms with Crippen molar-refractivity contribution in [3.8, 4) is 6.07 Å². The summed E-state index contributed by atoms with van der Waals surface area (Å²) in [5.74, 6) is 0.481. The van der Waals surface area contributed by atoms with Crippen LogP contribution in [0.25, 0.3) is 10.9 Å². The molecule has 1 aromatic carbocycles. The van der Waals surface area contributed by atoms with E-state index < -0.39 is 5.54 Å². The third-order valence-corrected chi connectivity index (χ3v) is 7.13. The topological polar surface area (TPSA) is 116 Å². The van der Waals surface area contributed by atoms with E-state index in [0.717, 1.165) is 50.0 Å². The lowest BCUT2D eigenvalue weighted by molar-refractivity contribution is -0.00174. The summed E-state index contributed by atoms with van der Waals surface area (Å²) in [5.41, 5.74) is 2.07. The van der Waals surface area contributed by atoms with Gasteiger partial charge in [0.25, 0.3) is 11.5 Å². The molecular formula is C26H30N6O3. The number of nitriles is 1. The van der Waals surface area contributed by atoms with Gasteiger partial charge in [0.05, 0.1) is 30.2 Å². The highest BCUT2D eigenvalue weighted by Crippen LogP contribution is 2.35. The minimum atomic E-state index is -0.625. The number of hydrogen-bond donors (Lipinski definition) is 2. The Morgan fingerprint density at radius 1 is 1.26 bits per heavy atom. The number of nitrogens with zero attached hydrogens (tertiary/aromatic N) is 4. The first-order chi connectivity index (χ1) is 17.0. The molecule has 0 radical (unpaired) electrons. The molecule has 35 heavy (non-hydrogen) atoms. The Labute approximate surface area is 203 Å². The molecule has 9 heteroatoms. The first-order valence-corrected chi connectivity index (χ1v) is 12.2. The summed E-state index contributed by atoms with van der Waals surface area (Å²) in [7, 11) is 0. The number of aromatic nitrogens is 3. The summed E-state index contributed by atoms with van der Waals surface area (Å²) < 4.78 is 7.54. The second-order valence-corrected chi connectivity index (χ2v) is 9.55. The number of carbonyl (C=O) groups excluding carboxylic acids is 1. The van der Waals surface area contributed by atoms with E-state index >= 15 is 0 Å². The molecule has 2 aliphatic heterocycles. The number of nitrogens with one attached hydrogen (secondary N) is 2. The van der Waals surface area contributed by atoms with Crippen molar-refractivity contribution in [3.05, 3.63) is 51.9 Å². The molecule has 9 nitrogen and oxygen atoms in total. The number of amides is 1. The van der Waals surface area contributed by atoms with Crippen LogP contribution in [0.1, 0.15) is 54.4 Å². The van der Waals surface area contributed by atoms with Crippen LogP contribution < -0.4 is 10.9 Å². The number of aromatic amines is 1. The number of rotatable bonds is 5. The zero-order chi connectivity index (χ0) is 24.4. The van der Waals surface area contributed by atoms with Gasteiger partial charge in [-0.1, -0.05) is 0 Å². The molecule has 2 saturated heterocycles. The Morgan fingerprint density at radius 3 is 2.80 bits per heavy atom. The van der Waals surface area contributed by atoms with Gasteiger partial charge < -0.3 is 19.9 Å². The summed E-state index contributed by atoms with van der Waals surface area (Å²) in [6, 6.07) is 9.69. The predicted octanol–water partition coefficient (Wildman–Crippen LogP) is 3.82. The second kappa shape index (κ2) is 9.55. The molecule has 1 unspecified atom stereocenters. The lowest BCUT2D eigenvalue weighted by Crippen LogP contribution is -2.42. The van der Waals surface area contributed by atoms with E-state index in [-0.39, 0.29) is 17.9 Å². The van der Waals surface area contributed by atoms with Crippen LogP contribution in [-0.4, -0.2) is 51.9 Å². The van der Waals surface area contributed by atoms with Gasteiger partial charge in [-0.2, -0.15) is 10.4 Å². The number of likely N-dealkylation sites (tertiary alicyclic amines) is 1. The highest BCUT2D eigenvalue weighted by atomic mass is 16.5. The van der Waals surface area contributed by atoms with Gasteiger partial charge in [-0.15, -0.1) is 0 Å². The number of ether oxygens (including phenoxy) is 1. The summed E-state index contributed by atoms with van der Waals surface area (Å²) in [5, 5.41) is 18.1. The molecule has 4 heterocycles. The van der Waals surface area contributed by atoms with Crippen LogP contribution >= 0.6 is 0 Å². The van der Waals surface area contributed by atoms with E-state index in [1.807, 2.05) is 36.1 Å². The first-order valence-electron chi connectivity index (χ1n) is 12.2. The fourth-order valence-electron chi connectivity index (χ4n) is 5.28. The summed E-state index contributed by atoms with van der Waals surface area (Å²) in [4.78, 5) is 30.5. The van der Waals surface area contributed by atoms with Crippen LogP contribution in [0.3, 0.4) is 0 Å². The predicted molar refractivity (Wildman–Crippen MR) is 133 cm³/mol. The van der Waals surface area contributed by atoms with Gasteiger partial charge in [0.2, 0.25) is 0 Å². The van der Waals surface area contributed by atoms with E-state index in [4.69, 9.17) is 9.84 Å². The summed E-state index contributed by atoms with van der Waals surface area (Å²) >= 11 is 0. The Bertz CT molecular complexity index is 1340. The molecule has 2 aliphatic rings. The Hall–Kier alpha value is -3.64. The molecule has 2 N–H and O–H groups in total. The Kier molecular flexibility index (Phi) is 6.31. The molecule has 0 spiro atoms. The van der Waals surface area contributed by atoms with E-state index in [9.17, 15) is 14.9 Å². The van der Waals surface area contributed by atoms with Crippen molar-refractivity contribution in [2.45, 2.75) is 51.0 Å². The van der Waals surface area contributed by atoms with Gasteiger partial charge in [0, 0.05) is 37.1 Å². The number of hydrogen-bond acceptors (Lipinski definition) is 6. The molecule has 0 saturated carbocycles. The molecule has 0 bridgehead atoms. The highest BCUT2D eigenvalue weighted by molar-refractivity contribution is 5.96. The van der Waals surface area contributed by atoms with Crippen LogP contribution in [0.4, 0.5) is 11.5 Å². The highest BCUT2D eigenvalue weighted by Gasteiger charge is 2.38. The van der Waals surface area contributed by atoms with E-state index in [2.05, 4.69) is 16.4 Å². The number of carbonyl (C=O) groups is 1. The molecule has 182 valence electrons. The third kappa shape index (κ3) is 4.30. The van der Waals surface area contributed by atoms with Crippen LogP contribution in [0, 0.1) is 18.3 Å². The first kappa shape index (κ1) is 23.1. The fraction of sp³-hybridized carbons (Fsp3) is 0.462. The van der Waals surface area contributed by atoms with Crippen LogP contribution in [0.5, 0.6) is 0 Å². The quantitative estimate of drug-likeness (QED) is 0.581.